The molecule has 0 unspecified atom stereocenters. The van der Waals surface area contributed by atoms with Crippen LogP contribution in [0.25, 0.3) is 16.8 Å². The van der Waals surface area contributed by atoms with E-state index in [1.165, 1.54) is 11.0 Å². The third-order valence-corrected chi connectivity index (χ3v) is 4.33. The summed E-state index contributed by atoms with van der Waals surface area (Å²) in [5.74, 6) is 0.218. The standard InChI is InChI=1S/C23H22N2O3/c1-25(23(27)14-13-17-7-5-10-19(15-17)28-2)16-22(26)24-21-12-6-9-18-8-3-4-11-20(18)21/h3-15H,16H2,1-2H3,(H,24,26)/b14-13+. The van der Waals surface area contributed by atoms with Crippen molar-refractivity contribution >= 4 is 34.4 Å². The van der Waals surface area contributed by atoms with E-state index < -0.39 is 0 Å². The zero-order chi connectivity index (χ0) is 19.9. The fourth-order valence-corrected chi connectivity index (χ4v) is 2.86. The number of carbonyl (C=O) groups excluding carboxylic acids is 2. The van der Waals surface area contributed by atoms with Crippen LogP contribution in [0.3, 0.4) is 0 Å². The highest BCUT2D eigenvalue weighted by Crippen LogP contribution is 2.22. The fourth-order valence-electron chi connectivity index (χ4n) is 2.86. The molecule has 3 rings (SSSR count). The van der Waals surface area contributed by atoms with E-state index in [0.717, 1.165) is 27.8 Å². The molecule has 28 heavy (non-hydrogen) atoms. The number of nitrogens with one attached hydrogen (secondary N) is 1. The Morgan fingerprint density at radius 3 is 2.61 bits per heavy atom. The summed E-state index contributed by atoms with van der Waals surface area (Å²) in [6.45, 7) is -0.0372. The first-order chi connectivity index (χ1) is 13.6. The molecule has 0 aliphatic rings. The van der Waals surface area contributed by atoms with E-state index in [0.29, 0.717) is 0 Å². The maximum atomic E-state index is 12.4. The number of amides is 2. The summed E-state index contributed by atoms with van der Waals surface area (Å²) in [6, 6.07) is 21.0. The molecule has 2 amide bonds. The van der Waals surface area contributed by atoms with Crippen molar-refractivity contribution in [2.45, 2.75) is 0 Å². The van der Waals surface area contributed by atoms with Gasteiger partial charge in [0.25, 0.3) is 0 Å². The first kappa shape index (κ1) is 19.2. The molecule has 5 heteroatoms. The number of nitrogens with zero attached hydrogens (tertiary/aromatic N) is 1. The highest BCUT2D eigenvalue weighted by atomic mass is 16.5. The molecule has 0 bridgehead atoms. The van der Waals surface area contributed by atoms with Crippen molar-refractivity contribution in [1.82, 2.24) is 4.90 Å². The lowest BCUT2D eigenvalue weighted by atomic mass is 10.1. The van der Waals surface area contributed by atoms with E-state index in [2.05, 4.69) is 5.32 Å². The fraction of sp³-hybridized carbons (Fsp3) is 0.130. The van der Waals surface area contributed by atoms with Crippen LogP contribution in [0.15, 0.2) is 72.8 Å². The molecule has 0 aromatic heterocycles. The lowest BCUT2D eigenvalue weighted by Crippen LogP contribution is -2.33. The number of anilines is 1. The molecule has 0 fully saturated rings. The number of benzene rings is 3. The summed E-state index contributed by atoms with van der Waals surface area (Å²) in [4.78, 5) is 26.1. The van der Waals surface area contributed by atoms with Gasteiger partial charge in [0.15, 0.2) is 0 Å². The van der Waals surface area contributed by atoms with Crippen LogP contribution >= 0.6 is 0 Å². The molecule has 0 atom stereocenters. The molecule has 0 heterocycles. The second-order valence-corrected chi connectivity index (χ2v) is 6.38. The first-order valence-corrected chi connectivity index (χ1v) is 8.91. The minimum Gasteiger partial charge on any atom is -0.497 e. The minimum atomic E-state index is -0.254. The summed E-state index contributed by atoms with van der Waals surface area (Å²) >= 11 is 0. The molecule has 142 valence electrons. The number of likely N-dealkylation sites (N-methyl/N-ethyl adjacent to an activating group) is 1. The Bertz CT molecular complexity index is 1020. The summed E-state index contributed by atoms with van der Waals surface area (Å²) in [5.41, 5.74) is 1.58. The normalized spacial score (nSPS) is 10.8. The monoisotopic (exact) mass is 374 g/mol. The van der Waals surface area contributed by atoms with Gasteiger partial charge in [-0.2, -0.15) is 0 Å². The number of hydrogen-bond acceptors (Lipinski definition) is 3. The molecule has 5 nitrogen and oxygen atoms in total. The Labute approximate surface area is 164 Å². The van der Waals surface area contributed by atoms with Crippen molar-refractivity contribution in [2.24, 2.45) is 0 Å². The van der Waals surface area contributed by atoms with Gasteiger partial charge in [-0.05, 0) is 35.2 Å². The van der Waals surface area contributed by atoms with Crippen LogP contribution in [0, 0.1) is 0 Å². The quantitative estimate of drug-likeness (QED) is 0.665. The molecule has 0 aliphatic carbocycles. The van der Waals surface area contributed by atoms with Gasteiger partial charge < -0.3 is 15.0 Å². The molecule has 0 saturated carbocycles. The van der Waals surface area contributed by atoms with Gasteiger partial charge in [0, 0.05) is 24.2 Å². The van der Waals surface area contributed by atoms with E-state index in [1.807, 2.05) is 66.7 Å². The topological polar surface area (TPSA) is 58.6 Å². The number of carbonyl (C=O) groups is 2. The summed E-state index contributed by atoms with van der Waals surface area (Å²) < 4.78 is 5.17. The smallest absolute Gasteiger partial charge is 0.246 e. The zero-order valence-corrected chi connectivity index (χ0v) is 15.9. The van der Waals surface area contributed by atoms with Crippen molar-refractivity contribution in [3.05, 3.63) is 78.4 Å². The number of methoxy groups -OCH3 is 1. The SMILES string of the molecule is COc1cccc(/C=C/C(=O)N(C)CC(=O)Nc2cccc3ccccc23)c1. The molecule has 0 spiro atoms. The molecular weight excluding hydrogens is 352 g/mol. The van der Waals surface area contributed by atoms with Crippen molar-refractivity contribution in [1.29, 1.82) is 0 Å². The van der Waals surface area contributed by atoms with Crippen LogP contribution in [0.5, 0.6) is 5.75 Å². The highest BCUT2D eigenvalue weighted by Gasteiger charge is 2.12. The highest BCUT2D eigenvalue weighted by molar-refractivity contribution is 6.04. The Hall–Kier alpha value is -3.60. The molecule has 3 aromatic carbocycles. The summed E-state index contributed by atoms with van der Waals surface area (Å²) in [6.07, 6.45) is 3.14. The van der Waals surface area contributed by atoms with Crippen LogP contribution in [-0.2, 0) is 9.59 Å². The van der Waals surface area contributed by atoms with Crippen LogP contribution in [-0.4, -0.2) is 37.4 Å². The van der Waals surface area contributed by atoms with Crippen molar-refractivity contribution in [3.63, 3.8) is 0 Å². The number of hydrogen-bond donors (Lipinski definition) is 1. The summed E-state index contributed by atoms with van der Waals surface area (Å²) in [5, 5.41) is 4.90. The van der Waals surface area contributed by atoms with E-state index in [1.54, 1.807) is 20.2 Å². The predicted octanol–water partition coefficient (Wildman–Crippen LogP) is 3.96. The maximum Gasteiger partial charge on any atom is 0.246 e. The van der Waals surface area contributed by atoms with Gasteiger partial charge in [-0.1, -0.05) is 48.5 Å². The summed E-state index contributed by atoms with van der Waals surface area (Å²) in [7, 11) is 3.19. The Balaban J connectivity index is 1.61. The van der Waals surface area contributed by atoms with Gasteiger partial charge in [-0.3, -0.25) is 9.59 Å². The van der Waals surface area contributed by atoms with Crippen LogP contribution in [0.1, 0.15) is 5.56 Å². The molecule has 3 aromatic rings. The third kappa shape index (κ3) is 4.76. The molecule has 0 aliphatic heterocycles. The maximum absolute atomic E-state index is 12.4. The van der Waals surface area contributed by atoms with Gasteiger partial charge in [0.2, 0.25) is 11.8 Å². The molecule has 1 N–H and O–H groups in total. The van der Waals surface area contributed by atoms with Crippen LogP contribution < -0.4 is 10.1 Å². The third-order valence-electron chi connectivity index (χ3n) is 4.33. The van der Waals surface area contributed by atoms with E-state index >= 15 is 0 Å². The lowest BCUT2D eigenvalue weighted by Gasteiger charge is -2.15. The van der Waals surface area contributed by atoms with Gasteiger partial charge in [-0.15, -0.1) is 0 Å². The molecule has 0 radical (unpaired) electrons. The predicted molar refractivity (Wildman–Crippen MR) is 112 cm³/mol. The molecule has 0 saturated heterocycles. The Kier molecular flexibility index (Phi) is 6.07. The van der Waals surface area contributed by atoms with E-state index in [9.17, 15) is 9.59 Å². The van der Waals surface area contributed by atoms with Gasteiger partial charge >= 0.3 is 0 Å². The van der Waals surface area contributed by atoms with Gasteiger partial charge in [0.05, 0.1) is 13.7 Å². The van der Waals surface area contributed by atoms with Gasteiger partial charge in [0.1, 0.15) is 5.75 Å². The van der Waals surface area contributed by atoms with Crippen molar-refractivity contribution in [3.8, 4) is 5.75 Å². The number of fused-ring (bicyclic) bond motifs is 1. The Morgan fingerprint density at radius 2 is 1.79 bits per heavy atom. The van der Waals surface area contributed by atoms with Crippen molar-refractivity contribution < 1.29 is 14.3 Å². The second-order valence-electron chi connectivity index (χ2n) is 6.38. The van der Waals surface area contributed by atoms with Gasteiger partial charge in [-0.25, -0.2) is 0 Å². The number of rotatable bonds is 6. The van der Waals surface area contributed by atoms with Crippen molar-refractivity contribution in [2.75, 3.05) is 26.0 Å². The largest absolute Gasteiger partial charge is 0.497 e. The van der Waals surface area contributed by atoms with E-state index in [4.69, 9.17) is 4.74 Å². The second kappa shape index (κ2) is 8.86. The average molecular weight is 374 g/mol. The zero-order valence-electron chi connectivity index (χ0n) is 15.9. The lowest BCUT2D eigenvalue weighted by molar-refractivity contribution is -0.129. The number of ether oxygens (including phenoxy) is 1. The Morgan fingerprint density at radius 1 is 1.04 bits per heavy atom. The van der Waals surface area contributed by atoms with E-state index in [-0.39, 0.29) is 18.4 Å². The first-order valence-electron chi connectivity index (χ1n) is 8.91. The van der Waals surface area contributed by atoms with Crippen LogP contribution in [0.4, 0.5) is 5.69 Å². The molecular formula is C23H22N2O3. The average Bonchev–Trinajstić information content (AvgIpc) is 2.72. The minimum absolute atomic E-state index is 0.0372. The van der Waals surface area contributed by atoms with Crippen LogP contribution in [0.2, 0.25) is 0 Å².